The first-order chi connectivity index (χ1) is 8.93. The molecule has 7 nitrogen and oxygen atoms in total. The summed E-state index contributed by atoms with van der Waals surface area (Å²) < 4.78 is 0. The summed E-state index contributed by atoms with van der Waals surface area (Å²) in [5.41, 5.74) is 5.54. The number of hydrogen-bond acceptors (Lipinski definition) is 4. The van der Waals surface area contributed by atoms with Gasteiger partial charge in [0.25, 0.3) is 5.69 Å². The van der Waals surface area contributed by atoms with E-state index >= 15 is 0 Å². The molecule has 0 heterocycles. The molecule has 0 saturated heterocycles. The largest absolute Gasteiger partial charge is 0.368 e. The summed E-state index contributed by atoms with van der Waals surface area (Å²) in [5.74, 6) is -0.999. The Morgan fingerprint density at radius 3 is 2.68 bits per heavy atom. The summed E-state index contributed by atoms with van der Waals surface area (Å²) in [7, 11) is 0. The van der Waals surface area contributed by atoms with Crippen LogP contribution in [0.4, 0.5) is 5.69 Å². The van der Waals surface area contributed by atoms with Crippen molar-refractivity contribution in [2.24, 2.45) is 5.73 Å². The van der Waals surface area contributed by atoms with E-state index in [1.165, 1.54) is 18.2 Å². The van der Waals surface area contributed by atoms with Gasteiger partial charge in [0.2, 0.25) is 11.8 Å². The molecule has 3 N–H and O–H groups in total. The quantitative estimate of drug-likeness (QED) is 0.576. The lowest BCUT2D eigenvalue weighted by molar-refractivity contribution is -0.384. The molecule has 19 heavy (non-hydrogen) atoms. The fraction of sp³-hybridized carbons (Fsp3) is 0.333. The Morgan fingerprint density at radius 1 is 1.47 bits per heavy atom. The van der Waals surface area contributed by atoms with Crippen LogP contribution in [0.3, 0.4) is 0 Å². The van der Waals surface area contributed by atoms with Gasteiger partial charge in [-0.05, 0) is 12.0 Å². The monoisotopic (exact) mass is 265 g/mol. The van der Waals surface area contributed by atoms with E-state index in [-0.39, 0.29) is 12.1 Å². The molecular weight excluding hydrogens is 250 g/mol. The van der Waals surface area contributed by atoms with Gasteiger partial charge < -0.3 is 11.1 Å². The number of carbonyl (C=O) groups excluding carboxylic acids is 2. The van der Waals surface area contributed by atoms with Crippen molar-refractivity contribution in [2.75, 3.05) is 0 Å². The molecule has 0 aromatic heterocycles. The zero-order chi connectivity index (χ0) is 14.4. The summed E-state index contributed by atoms with van der Waals surface area (Å²) in [6, 6.07) is 5.07. The third kappa shape index (κ3) is 4.38. The zero-order valence-electron chi connectivity index (χ0n) is 10.5. The highest BCUT2D eigenvalue weighted by Crippen LogP contribution is 2.13. The molecule has 102 valence electrons. The normalized spacial score (nSPS) is 11.6. The van der Waals surface area contributed by atoms with Crippen LogP contribution in [0.1, 0.15) is 18.9 Å². The summed E-state index contributed by atoms with van der Waals surface area (Å²) in [4.78, 5) is 32.7. The van der Waals surface area contributed by atoms with Crippen LogP contribution in [0, 0.1) is 10.1 Å². The van der Waals surface area contributed by atoms with Gasteiger partial charge >= 0.3 is 0 Å². The van der Waals surface area contributed by atoms with E-state index in [9.17, 15) is 19.7 Å². The molecule has 0 spiro atoms. The Morgan fingerprint density at radius 2 is 2.16 bits per heavy atom. The molecule has 0 unspecified atom stereocenters. The van der Waals surface area contributed by atoms with Crippen molar-refractivity contribution in [3.63, 3.8) is 0 Å². The highest BCUT2D eigenvalue weighted by Gasteiger charge is 2.16. The van der Waals surface area contributed by atoms with Crippen LogP contribution in [-0.2, 0) is 16.0 Å². The van der Waals surface area contributed by atoms with Crippen molar-refractivity contribution in [2.45, 2.75) is 25.8 Å². The predicted molar refractivity (Wildman–Crippen MR) is 68.2 cm³/mol. The van der Waals surface area contributed by atoms with E-state index in [0.717, 1.165) is 0 Å². The van der Waals surface area contributed by atoms with Crippen molar-refractivity contribution in [3.05, 3.63) is 39.9 Å². The Kier molecular flexibility index (Phi) is 4.99. The number of nitro groups is 1. The molecule has 0 radical (unpaired) electrons. The van der Waals surface area contributed by atoms with Gasteiger partial charge in [0, 0.05) is 12.1 Å². The lowest BCUT2D eigenvalue weighted by Gasteiger charge is -2.12. The van der Waals surface area contributed by atoms with Crippen molar-refractivity contribution in [1.82, 2.24) is 5.32 Å². The van der Waals surface area contributed by atoms with Crippen LogP contribution in [0.15, 0.2) is 24.3 Å². The van der Waals surface area contributed by atoms with Gasteiger partial charge in [-0.3, -0.25) is 19.7 Å². The number of primary amides is 1. The van der Waals surface area contributed by atoms with E-state index < -0.39 is 22.8 Å². The molecule has 7 heteroatoms. The van der Waals surface area contributed by atoms with Gasteiger partial charge in [-0.1, -0.05) is 19.1 Å². The average molecular weight is 265 g/mol. The zero-order valence-corrected chi connectivity index (χ0v) is 10.5. The smallest absolute Gasteiger partial charge is 0.269 e. The molecule has 1 rings (SSSR count). The maximum absolute atomic E-state index is 11.7. The van der Waals surface area contributed by atoms with Gasteiger partial charge in [0.05, 0.1) is 11.3 Å². The van der Waals surface area contributed by atoms with Crippen LogP contribution in [-0.4, -0.2) is 22.8 Å². The van der Waals surface area contributed by atoms with E-state index in [4.69, 9.17) is 5.73 Å². The fourth-order valence-electron chi connectivity index (χ4n) is 1.59. The molecule has 0 aliphatic carbocycles. The Bertz CT molecular complexity index is 502. The van der Waals surface area contributed by atoms with Crippen LogP contribution in [0.25, 0.3) is 0 Å². The Hall–Kier alpha value is -2.44. The number of nitrogens with two attached hydrogens (primary N) is 1. The number of rotatable bonds is 6. The molecular formula is C12H15N3O4. The number of carbonyl (C=O) groups is 2. The number of hydrogen-bond donors (Lipinski definition) is 2. The lowest BCUT2D eigenvalue weighted by atomic mass is 10.1. The van der Waals surface area contributed by atoms with E-state index in [2.05, 4.69) is 5.32 Å². The first kappa shape index (κ1) is 14.6. The number of nitrogens with zero attached hydrogens (tertiary/aromatic N) is 1. The van der Waals surface area contributed by atoms with Crippen molar-refractivity contribution in [1.29, 1.82) is 0 Å². The van der Waals surface area contributed by atoms with Crippen molar-refractivity contribution in [3.8, 4) is 0 Å². The number of nitro benzene ring substituents is 1. The first-order valence-electron chi connectivity index (χ1n) is 5.76. The van der Waals surface area contributed by atoms with Crippen LogP contribution in [0.2, 0.25) is 0 Å². The molecule has 1 aromatic rings. The number of nitrogens with one attached hydrogen (secondary N) is 1. The highest BCUT2D eigenvalue weighted by molar-refractivity contribution is 5.87. The summed E-state index contributed by atoms with van der Waals surface area (Å²) in [6.07, 6.45) is 0.363. The van der Waals surface area contributed by atoms with Crippen LogP contribution >= 0.6 is 0 Å². The Labute approximate surface area is 109 Å². The van der Waals surface area contributed by atoms with Gasteiger partial charge in [-0.15, -0.1) is 0 Å². The lowest BCUT2D eigenvalue weighted by Crippen LogP contribution is -2.44. The molecule has 1 aromatic carbocycles. The number of amides is 2. The molecule has 2 amide bonds. The van der Waals surface area contributed by atoms with E-state index in [1.807, 2.05) is 0 Å². The molecule has 0 saturated carbocycles. The predicted octanol–water partition coefficient (Wildman–Crippen LogP) is 0.517. The molecule has 0 aliphatic rings. The minimum atomic E-state index is -0.716. The number of non-ortho nitro benzene ring substituents is 1. The summed E-state index contributed by atoms with van der Waals surface area (Å²) in [5, 5.41) is 13.1. The average Bonchev–Trinajstić information content (AvgIpc) is 2.35. The highest BCUT2D eigenvalue weighted by atomic mass is 16.6. The molecule has 0 aliphatic heterocycles. The van der Waals surface area contributed by atoms with E-state index in [0.29, 0.717) is 12.0 Å². The summed E-state index contributed by atoms with van der Waals surface area (Å²) in [6.45, 7) is 1.73. The standard InChI is InChI=1S/C12H15N3O4/c1-2-10(12(13)17)14-11(16)7-8-4-3-5-9(6-8)15(18)19/h3-6,10H,2,7H2,1H3,(H2,13,17)(H,14,16)/t10-/m1/s1. The SMILES string of the molecule is CC[C@@H](NC(=O)Cc1cccc([N+](=O)[O-])c1)C(N)=O. The minimum Gasteiger partial charge on any atom is -0.368 e. The maximum Gasteiger partial charge on any atom is 0.269 e. The van der Waals surface area contributed by atoms with Crippen molar-refractivity contribution < 1.29 is 14.5 Å². The van der Waals surface area contributed by atoms with Crippen LogP contribution in [0.5, 0.6) is 0 Å². The molecule has 0 bridgehead atoms. The topological polar surface area (TPSA) is 115 Å². The van der Waals surface area contributed by atoms with Crippen molar-refractivity contribution >= 4 is 17.5 Å². The Balaban J connectivity index is 2.69. The second-order valence-corrected chi connectivity index (χ2v) is 4.03. The first-order valence-corrected chi connectivity index (χ1v) is 5.76. The number of benzene rings is 1. The second-order valence-electron chi connectivity index (χ2n) is 4.03. The van der Waals surface area contributed by atoms with Gasteiger partial charge in [-0.25, -0.2) is 0 Å². The minimum absolute atomic E-state index is 0.0363. The third-order valence-corrected chi connectivity index (χ3v) is 2.57. The van der Waals surface area contributed by atoms with Gasteiger partial charge in [0.15, 0.2) is 0 Å². The van der Waals surface area contributed by atoms with E-state index in [1.54, 1.807) is 13.0 Å². The second kappa shape index (κ2) is 6.48. The fourth-order valence-corrected chi connectivity index (χ4v) is 1.59. The van der Waals surface area contributed by atoms with Crippen LogP contribution < -0.4 is 11.1 Å². The van der Waals surface area contributed by atoms with Gasteiger partial charge in [-0.2, -0.15) is 0 Å². The summed E-state index contributed by atoms with van der Waals surface area (Å²) >= 11 is 0. The molecule has 1 atom stereocenters. The maximum atomic E-state index is 11.7. The van der Waals surface area contributed by atoms with Gasteiger partial charge in [0.1, 0.15) is 6.04 Å². The molecule has 0 fully saturated rings. The third-order valence-electron chi connectivity index (χ3n) is 2.57.